The molecule has 0 spiro atoms. The van der Waals surface area contributed by atoms with E-state index in [2.05, 4.69) is 41.5 Å². The van der Waals surface area contributed by atoms with Crippen LogP contribution in [0.25, 0.3) is 0 Å². The molecule has 0 unspecified atom stereocenters. The lowest BCUT2D eigenvalue weighted by molar-refractivity contribution is 0.569. The lowest BCUT2D eigenvalue weighted by Gasteiger charge is -2.17. The lowest BCUT2D eigenvalue weighted by atomic mass is 10.2. The predicted molar refractivity (Wildman–Crippen MR) is 94.2 cm³/mol. The summed E-state index contributed by atoms with van der Waals surface area (Å²) in [5, 5.41) is 3.40. The number of hydrogen-bond donors (Lipinski definition) is 1. The first-order valence-electron chi connectivity index (χ1n) is 6.73. The van der Waals surface area contributed by atoms with Crippen molar-refractivity contribution in [1.82, 2.24) is 10.2 Å². The Balaban J connectivity index is 0.00000324. The van der Waals surface area contributed by atoms with Crippen LogP contribution in [-0.4, -0.2) is 31.5 Å². The van der Waals surface area contributed by atoms with Crippen molar-refractivity contribution in [1.29, 1.82) is 0 Å². The highest BCUT2D eigenvalue weighted by molar-refractivity contribution is 14.0. The van der Waals surface area contributed by atoms with Gasteiger partial charge in [0.15, 0.2) is 5.96 Å². The average molecular weight is 375 g/mol. The Morgan fingerprint density at radius 1 is 1.16 bits per heavy atom. The molecule has 0 bridgehead atoms. The van der Waals surface area contributed by atoms with Gasteiger partial charge in [-0.2, -0.15) is 0 Å². The van der Waals surface area contributed by atoms with Gasteiger partial charge in [-0.3, -0.25) is 0 Å². The zero-order valence-corrected chi connectivity index (χ0v) is 14.6. The molecule has 0 aliphatic heterocycles. The Morgan fingerprint density at radius 2 is 1.84 bits per heavy atom. The molecule has 1 N–H and O–H groups in total. The summed E-state index contributed by atoms with van der Waals surface area (Å²) in [6, 6.07) is 10.3. The van der Waals surface area contributed by atoms with E-state index in [1.165, 1.54) is 24.8 Å². The number of guanidine groups is 1. The number of aliphatic imine (C=N–C) groups is 1. The number of hydrogen-bond acceptors (Lipinski definition) is 1. The van der Waals surface area contributed by atoms with E-state index in [4.69, 9.17) is 0 Å². The smallest absolute Gasteiger partial charge is 0.193 e. The van der Waals surface area contributed by atoms with Gasteiger partial charge in [-0.15, -0.1) is 24.0 Å². The fraction of sp³-hybridized carbons (Fsp3) is 0.533. The fourth-order valence-corrected chi connectivity index (χ4v) is 1.68. The number of benzene rings is 1. The highest BCUT2D eigenvalue weighted by Crippen LogP contribution is 2.00. The first-order valence-corrected chi connectivity index (χ1v) is 6.73. The molecule has 0 saturated carbocycles. The number of halogens is 1. The summed E-state index contributed by atoms with van der Waals surface area (Å²) in [5.41, 5.74) is 1.24. The molecule has 1 aromatic carbocycles. The molecule has 4 heteroatoms. The number of unbranched alkanes of at least 4 members (excludes halogenated alkanes) is 2. The largest absolute Gasteiger partial charge is 0.356 e. The van der Waals surface area contributed by atoms with E-state index in [1.807, 2.05) is 25.1 Å². The van der Waals surface area contributed by atoms with Gasteiger partial charge in [0.25, 0.3) is 0 Å². The number of nitrogens with zero attached hydrogens (tertiary/aromatic N) is 2. The maximum absolute atomic E-state index is 4.62. The van der Waals surface area contributed by atoms with Gasteiger partial charge in [0, 0.05) is 20.6 Å². The topological polar surface area (TPSA) is 27.6 Å². The second kappa shape index (κ2) is 11.1. The Labute approximate surface area is 134 Å². The van der Waals surface area contributed by atoms with E-state index >= 15 is 0 Å². The van der Waals surface area contributed by atoms with Crippen LogP contribution in [-0.2, 0) is 6.54 Å². The van der Waals surface area contributed by atoms with Crippen LogP contribution < -0.4 is 5.32 Å². The van der Waals surface area contributed by atoms with Crippen LogP contribution in [0.5, 0.6) is 0 Å². The minimum absolute atomic E-state index is 0. The van der Waals surface area contributed by atoms with Crippen molar-refractivity contribution < 1.29 is 0 Å². The van der Waals surface area contributed by atoms with E-state index in [0.29, 0.717) is 0 Å². The Morgan fingerprint density at radius 3 is 2.42 bits per heavy atom. The van der Waals surface area contributed by atoms with Gasteiger partial charge < -0.3 is 10.2 Å². The molecule has 0 aliphatic rings. The monoisotopic (exact) mass is 375 g/mol. The maximum atomic E-state index is 4.62. The van der Waals surface area contributed by atoms with Crippen LogP contribution in [0.3, 0.4) is 0 Å². The lowest BCUT2D eigenvalue weighted by Crippen LogP contribution is -2.37. The van der Waals surface area contributed by atoms with Gasteiger partial charge in [-0.1, -0.05) is 50.1 Å². The van der Waals surface area contributed by atoms with Crippen molar-refractivity contribution in [3.8, 4) is 0 Å². The normalized spacial score (nSPS) is 10.8. The minimum Gasteiger partial charge on any atom is -0.356 e. The van der Waals surface area contributed by atoms with Gasteiger partial charge >= 0.3 is 0 Å². The molecule has 0 fully saturated rings. The summed E-state index contributed by atoms with van der Waals surface area (Å²) in [7, 11) is 4.05. The molecule has 1 rings (SSSR count). The minimum atomic E-state index is 0. The molecule has 0 aliphatic carbocycles. The van der Waals surface area contributed by atoms with Crippen molar-refractivity contribution in [3.05, 3.63) is 35.9 Å². The highest BCUT2D eigenvalue weighted by Gasteiger charge is 2.00. The second-order valence-corrected chi connectivity index (χ2v) is 4.65. The van der Waals surface area contributed by atoms with E-state index in [0.717, 1.165) is 19.0 Å². The first kappa shape index (κ1) is 18.2. The highest BCUT2D eigenvalue weighted by atomic mass is 127. The van der Waals surface area contributed by atoms with Crippen molar-refractivity contribution in [2.24, 2.45) is 4.99 Å². The molecular weight excluding hydrogens is 349 g/mol. The zero-order chi connectivity index (χ0) is 13.2. The van der Waals surface area contributed by atoms with Crippen LogP contribution in [0.2, 0.25) is 0 Å². The molecule has 0 aromatic heterocycles. The zero-order valence-electron chi connectivity index (χ0n) is 12.2. The average Bonchev–Trinajstić information content (AvgIpc) is 2.38. The molecule has 3 nitrogen and oxygen atoms in total. The van der Waals surface area contributed by atoms with Crippen molar-refractivity contribution in [2.45, 2.75) is 32.7 Å². The van der Waals surface area contributed by atoms with E-state index in [-0.39, 0.29) is 24.0 Å². The Hall–Kier alpha value is -0.780. The molecular formula is C15H26IN3. The Kier molecular flexibility index (Phi) is 10.6. The van der Waals surface area contributed by atoms with Crippen LogP contribution in [0.4, 0.5) is 0 Å². The Bertz CT molecular complexity index is 350. The van der Waals surface area contributed by atoms with Crippen molar-refractivity contribution in [3.63, 3.8) is 0 Å². The van der Waals surface area contributed by atoms with Gasteiger partial charge in [0.1, 0.15) is 0 Å². The molecule has 0 amide bonds. The summed E-state index contributed by atoms with van der Waals surface area (Å²) in [4.78, 5) is 6.66. The van der Waals surface area contributed by atoms with Crippen LogP contribution in [0.15, 0.2) is 35.3 Å². The molecule has 0 radical (unpaired) electrons. The second-order valence-electron chi connectivity index (χ2n) is 4.65. The maximum Gasteiger partial charge on any atom is 0.193 e. The number of rotatable bonds is 6. The predicted octanol–water partition coefficient (Wildman–Crippen LogP) is 3.50. The summed E-state index contributed by atoms with van der Waals surface area (Å²) < 4.78 is 0. The fourth-order valence-electron chi connectivity index (χ4n) is 1.68. The molecule has 1 aromatic rings. The molecule has 0 heterocycles. The summed E-state index contributed by atoms with van der Waals surface area (Å²) >= 11 is 0. The van der Waals surface area contributed by atoms with E-state index in [9.17, 15) is 0 Å². The van der Waals surface area contributed by atoms with Crippen LogP contribution in [0, 0.1) is 0 Å². The SMILES string of the molecule is CCCCCNC(=NCc1ccccc1)N(C)C.I. The third-order valence-corrected chi connectivity index (χ3v) is 2.74. The molecule has 0 saturated heterocycles. The van der Waals surface area contributed by atoms with Crippen LogP contribution in [0.1, 0.15) is 31.7 Å². The first-order chi connectivity index (χ1) is 8.74. The molecule has 108 valence electrons. The summed E-state index contributed by atoms with van der Waals surface area (Å²) in [5.74, 6) is 0.968. The molecule has 19 heavy (non-hydrogen) atoms. The summed E-state index contributed by atoms with van der Waals surface area (Å²) in [6.45, 7) is 3.95. The van der Waals surface area contributed by atoms with Crippen LogP contribution >= 0.6 is 24.0 Å². The molecule has 0 atom stereocenters. The van der Waals surface area contributed by atoms with Crippen molar-refractivity contribution in [2.75, 3.05) is 20.6 Å². The third-order valence-electron chi connectivity index (χ3n) is 2.74. The van der Waals surface area contributed by atoms with Gasteiger partial charge in [-0.05, 0) is 12.0 Å². The number of nitrogens with one attached hydrogen (secondary N) is 1. The van der Waals surface area contributed by atoms with Gasteiger partial charge in [0.05, 0.1) is 6.54 Å². The standard InChI is InChI=1S/C15H25N3.HI/c1-4-5-9-12-16-15(18(2)3)17-13-14-10-7-6-8-11-14;/h6-8,10-11H,4-5,9,12-13H2,1-3H3,(H,16,17);1H. The third kappa shape index (κ3) is 8.08. The van der Waals surface area contributed by atoms with Gasteiger partial charge in [-0.25, -0.2) is 4.99 Å². The van der Waals surface area contributed by atoms with Crippen molar-refractivity contribution >= 4 is 29.9 Å². The van der Waals surface area contributed by atoms with Gasteiger partial charge in [0.2, 0.25) is 0 Å². The van der Waals surface area contributed by atoms with E-state index < -0.39 is 0 Å². The van der Waals surface area contributed by atoms with E-state index in [1.54, 1.807) is 0 Å². The quantitative estimate of drug-likeness (QED) is 0.357. The summed E-state index contributed by atoms with van der Waals surface area (Å²) in [6.07, 6.45) is 3.72.